The number of rotatable bonds is 1. The topological polar surface area (TPSA) is 0 Å². The number of hydrogen-bond donors (Lipinski definition) is 0. The highest BCUT2D eigenvalue weighted by Crippen LogP contribution is 2.43. The predicted molar refractivity (Wildman–Crippen MR) is 105 cm³/mol. The Balaban J connectivity index is 0.00000157. The Morgan fingerprint density at radius 1 is 0.720 bits per heavy atom. The van der Waals surface area contributed by atoms with Gasteiger partial charge in [0.25, 0.3) is 0 Å². The van der Waals surface area contributed by atoms with E-state index in [0.29, 0.717) is 0 Å². The second kappa shape index (κ2) is 6.25. The van der Waals surface area contributed by atoms with Gasteiger partial charge in [-0.15, -0.1) is 0 Å². The Morgan fingerprint density at radius 2 is 1.44 bits per heavy atom. The molecule has 0 amide bonds. The van der Waals surface area contributed by atoms with Crippen molar-refractivity contribution in [3.05, 3.63) is 89.8 Å². The van der Waals surface area contributed by atoms with Gasteiger partial charge in [-0.2, -0.15) is 0 Å². The van der Waals surface area contributed by atoms with Crippen LogP contribution in [0.25, 0.3) is 27.1 Å². The molecule has 0 nitrogen and oxygen atoms in total. The van der Waals surface area contributed by atoms with Crippen molar-refractivity contribution in [1.82, 2.24) is 0 Å². The molecule has 1 aliphatic rings. The van der Waals surface area contributed by atoms with E-state index in [1.54, 1.807) is 0 Å². The molecule has 1 heterocycles. The molecule has 0 N–H and O–H groups in total. The van der Waals surface area contributed by atoms with E-state index in [0.717, 1.165) is 0 Å². The fraction of sp³-hybridized carbons (Fsp3) is 0.0435. The molecule has 2 heteroatoms. The van der Waals surface area contributed by atoms with Crippen molar-refractivity contribution < 1.29 is 12.4 Å². The van der Waals surface area contributed by atoms with Crippen molar-refractivity contribution in [2.24, 2.45) is 0 Å². The number of halogens is 1. The maximum atomic E-state index is 2.46. The lowest BCUT2D eigenvalue weighted by molar-refractivity contribution is -0.00000459. The maximum Gasteiger partial charge on any atom is 0.174 e. The minimum absolute atomic E-state index is 0. The lowest BCUT2D eigenvalue weighted by Crippen LogP contribution is -3.00. The number of allylic oxidation sites excluding steroid dienone is 1. The molecule has 1 atom stereocenters. The van der Waals surface area contributed by atoms with Crippen LogP contribution in [0, 0.1) is 0 Å². The Kier molecular flexibility index (Phi) is 4.07. The minimum Gasteiger partial charge on any atom is -1.00 e. The summed E-state index contributed by atoms with van der Waals surface area (Å²) in [5.74, 6) is 0. The van der Waals surface area contributed by atoms with Crippen LogP contribution in [0.2, 0.25) is 0 Å². The number of hydrogen-bond acceptors (Lipinski definition) is 0. The van der Waals surface area contributed by atoms with Crippen LogP contribution in [-0.4, -0.2) is 0 Å². The molecule has 4 aromatic rings. The molecule has 0 fully saturated rings. The van der Waals surface area contributed by atoms with E-state index in [1.807, 2.05) is 0 Å². The summed E-state index contributed by atoms with van der Waals surface area (Å²) in [5, 5.41) is 7.93. The van der Waals surface area contributed by atoms with Crippen LogP contribution in [0.4, 0.5) is 0 Å². The monoisotopic (exact) mass is 360 g/mol. The van der Waals surface area contributed by atoms with Gasteiger partial charge in [0.05, 0.1) is 10.9 Å². The molecular formula is C23H17ClS. The Labute approximate surface area is 156 Å². The normalized spacial score (nSPS) is 15.7. The van der Waals surface area contributed by atoms with Gasteiger partial charge in [-0.05, 0) is 47.3 Å². The highest BCUT2D eigenvalue weighted by molar-refractivity contribution is 8.00. The summed E-state index contributed by atoms with van der Waals surface area (Å²) in [4.78, 5) is 2.84. The summed E-state index contributed by atoms with van der Waals surface area (Å²) in [6.45, 7) is 2.26. The first kappa shape index (κ1) is 16.3. The molecule has 0 bridgehead atoms. The Morgan fingerprint density at radius 3 is 2.28 bits per heavy atom. The van der Waals surface area contributed by atoms with Crippen LogP contribution >= 0.6 is 0 Å². The molecule has 1 unspecified atom stereocenters. The minimum atomic E-state index is 0. The van der Waals surface area contributed by atoms with Crippen LogP contribution in [0.15, 0.2) is 94.1 Å². The first-order chi connectivity index (χ1) is 11.8. The van der Waals surface area contributed by atoms with Crippen LogP contribution in [0.1, 0.15) is 12.5 Å². The van der Waals surface area contributed by atoms with Crippen LogP contribution in [0.3, 0.4) is 0 Å². The first-order valence-corrected chi connectivity index (χ1v) is 9.53. The molecule has 0 aromatic heterocycles. The van der Waals surface area contributed by atoms with Crippen molar-refractivity contribution in [2.45, 2.75) is 16.7 Å². The first-order valence-electron chi connectivity index (χ1n) is 8.24. The van der Waals surface area contributed by atoms with Gasteiger partial charge < -0.3 is 12.4 Å². The standard InChI is InChI=1S/C23H17S.ClH/c1-16-15-24(19-10-3-2-4-11-19)21-13-7-9-18-14-17-8-5-6-12-20(17)22(16)23(18)21;/h2-15H,1H3;1H/q+1;/p-1. The van der Waals surface area contributed by atoms with E-state index in [4.69, 9.17) is 0 Å². The zero-order valence-corrected chi connectivity index (χ0v) is 15.4. The lowest BCUT2D eigenvalue weighted by atomic mass is 9.93. The summed E-state index contributed by atoms with van der Waals surface area (Å²) in [5.41, 5.74) is 2.81. The quantitative estimate of drug-likeness (QED) is 0.360. The van der Waals surface area contributed by atoms with Crippen molar-refractivity contribution in [3.63, 3.8) is 0 Å². The van der Waals surface area contributed by atoms with E-state index in [2.05, 4.69) is 91.2 Å². The highest BCUT2D eigenvalue weighted by atomic mass is 35.5. The molecule has 4 aromatic carbocycles. The summed E-state index contributed by atoms with van der Waals surface area (Å²) in [7, 11) is 0.00857. The van der Waals surface area contributed by atoms with Gasteiger partial charge in [0, 0.05) is 16.5 Å². The zero-order chi connectivity index (χ0) is 16.1. The van der Waals surface area contributed by atoms with Gasteiger partial charge in [0.2, 0.25) is 0 Å². The third-order valence-corrected chi connectivity index (χ3v) is 6.96. The molecule has 0 spiro atoms. The van der Waals surface area contributed by atoms with Crippen LogP contribution in [0.5, 0.6) is 0 Å². The van der Waals surface area contributed by atoms with Crippen molar-refractivity contribution in [3.8, 4) is 0 Å². The SMILES string of the molecule is CC1=C[S+](c2ccccc2)c2cccc3cc4ccccc4c1c23.[Cl-]. The van der Waals surface area contributed by atoms with Gasteiger partial charge >= 0.3 is 0 Å². The van der Waals surface area contributed by atoms with E-state index in [-0.39, 0.29) is 23.3 Å². The van der Waals surface area contributed by atoms with Crippen molar-refractivity contribution in [1.29, 1.82) is 0 Å². The van der Waals surface area contributed by atoms with E-state index in [9.17, 15) is 0 Å². The Bertz CT molecular complexity index is 1110. The third-order valence-electron chi connectivity index (χ3n) is 4.77. The summed E-state index contributed by atoms with van der Waals surface area (Å²) in [6, 6.07) is 28.7. The summed E-state index contributed by atoms with van der Waals surface area (Å²) >= 11 is 0. The third kappa shape index (κ3) is 2.47. The molecule has 25 heavy (non-hydrogen) atoms. The maximum absolute atomic E-state index is 2.46. The molecule has 5 rings (SSSR count). The summed E-state index contributed by atoms with van der Waals surface area (Å²) < 4.78 is 0. The smallest absolute Gasteiger partial charge is 0.174 e. The van der Waals surface area contributed by atoms with Crippen LogP contribution in [-0.2, 0) is 10.9 Å². The van der Waals surface area contributed by atoms with Gasteiger partial charge in [-0.3, -0.25) is 0 Å². The second-order valence-electron chi connectivity index (χ2n) is 6.28. The molecule has 0 saturated heterocycles. The average Bonchev–Trinajstić information content (AvgIpc) is 2.64. The lowest BCUT2D eigenvalue weighted by Gasteiger charge is -2.18. The van der Waals surface area contributed by atoms with Gasteiger partial charge in [0.1, 0.15) is 5.41 Å². The zero-order valence-electron chi connectivity index (χ0n) is 13.9. The molecule has 122 valence electrons. The fourth-order valence-electron chi connectivity index (χ4n) is 3.74. The van der Waals surface area contributed by atoms with E-state index < -0.39 is 0 Å². The molecular weight excluding hydrogens is 344 g/mol. The average molecular weight is 361 g/mol. The molecule has 0 aliphatic carbocycles. The molecule has 0 saturated carbocycles. The highest BCUT2D eigenvalue weighted by Gasteiger charge is 2.32. The summed E-state index contributed by atoms with van der Waals surface area (Å²) in [6.07, 6.45) is 0. The van der Waals surface area contributed by atoms with Gasteiger partial charge in [-0.25, -0.2) is 0 Å². The molecule has 1 aliphatic heterocycles. The largest absolute Gasteiger partial charge is 1.00 e. The van der Waals surface area contributed by atoms with E-state index in [1.165, 1.54) is 42.5 Å². The van der Waals surface area contributed by atoms with Gasteiger partial charge in [-0.1, -0.05) is 54.6 Å². The van der Waals surface area contributed by atoms with Crippen molar-refractivity contribution in [2.75, 3.05) is 0 Å². The van der Waals surface area contributed by atoms with Crippen LogP contribution < -0.4 is 12.4 Å². The number of benzene rings is 4. The van der Waals surface area contributed by atoms with E-state index >= 15 is 0 Å². The number of fused-ring (bicyclic) bond motifs is 2. The second-order valence-corrected chi connectivity index (χ2v) is 8.10. The van der Waals surface area contributed by atoms with Gasteiger partial charge in [0.15, 0.2) is 9.79 Å². The fourth-order valence-corrected chi connectivity index (χ4v) is 5.85. The predicted octanol–water partition coefficient (Wildman–Crippen LogP) is 3.41. The Hall–Kier alpha value is -2.22. The van der Waals surface area contributed by atoms with Crippen molar-refractivity contribution >= 4 is 38.0 Å². The molecule has 0 radical (unpaired) electrons.